The third kappa shape index (κ3) is 4.43. The molecule has 0 aliphatic heterocycles. The number of rotatable bonds is 6. The van der Waals surface area contributed by atoms with E-state index in [4.69, 9.17) is 12.2 Å². The molecule has 1 heterocycles. The molecule has 2 aromatic carbocycles. The van der Waals surface area contributed by atoms with Crippen molar-refractivity contribution in [1.82, 2.24) is 20.1 Å². The Morgan fingerprint density at radius 2 is 1.82 bits per heavy atom. The Bertz CT molecular complexity index is 1150. The molecule has 11 heteroatoms. The number of anilines is 1. The SMILES string of the molecule is Cn1c(CNC(=O)c2ccc(NS(=O)(=O)c3ccc(F)cc3)cc2)n[nH]c1=S. The van der Waals surface area contributed by atoms with Gasteiger partial charge in [0.2, 0.25) is 0 Å². The van der Waals surface area contributed by atoms with Gasteiger partial charge in [-0.3, -0.25) is 14.6 Å². The van der Waals surface area contributed by atoms with E-state index in [9.17, 15) is 17.6 Å². The Hall–Kier alpha value is -3.05. The van der Waals surface area contributed by atoms with E-state index in [0.717, 1.165) is 12.1 Å². The third-order valence-electron chi connectivity index (χ3n) is 3.90. The topological polar surface area (TPSA) is 109 Å². The van der Waals surface area contributed by atoms with Crippen LogP contribution in [0, 0.1) is 10.6 Å². The van der Waals surface area contributed by atoms with Crippen molar-refractivity contribution in [3.05, 3.63) is 70.5 Å². The predicted molar refractivity (Wildman–Crippen MR) is 103 cm³/mol. The van der Waals surface area contributed by atoms with Crippen LogP contribution in [0.15, 0.2) is 53.4 Å². The van der Waals surface area contributed by atoms with E-state index in [1.54, 1.807) is 11.6 Å². The molecule has 1 amide bonds. The zero-order valence-corrected chi connectivity index (χ0v) is 16.3. The summed E-state index contributed by atoms with van der Waals surface area (Å²) in [6, 6.07) is 10.4. The summed E-state index contributed by atoms with van der Waals surface area (Å²) in [6.07, 6.45) is 0. The summed E-state index contributed by atoms with van der Waals surface area (Å²) in [7, 11) is -2.12. The number of nitrogens with zero attached hydrogens (tertiary/aromatic N) is 2. The van der Waals surface area contributed by atoms with E-state index in [1.165, 1.54) is 36.4 Å². The maximum absolute atomic E-state index is 13.0. The number of nitrogens with one attached hydrogen (secondary N) is 3. The number of aromatic nitrogens is 3. The molecule has 0 aliphatic rings. The molecular weight excluding hydrogens is 405 g/mol. The van der Waals surface area contributed by atoms with Gasteiger partial charge in [-0.1, -0.05) is 0 Å². The summed E-state index contributed by atoms with van der Waals surface area (Å²) in [4.78, 5) is 12.2. The molecule has 1 aromatic heterocycles. The molecule has 0 fully saturated rings. The highest BCUT2D eigenvalue weighted by Gasteiger charge is 2.15. The maximum atomic E-state index is 13.0. The molecule has 0 saturated heterocycles. The minimum Gasteiger partial charge on any atom is -0.345 e. The van der Waals surface area contributed by atoms with Gasteiger partial charge < -0.3 is 9.88 Å². The van der Waals surface area contributed by atoms with Gasteiger partial charge in [0.25, 0.3) is 15.9 Å². The summed E-state index contributed by atoms with van der Waals surface area (Å²) in [5, 5.41) is 9.33. The fourth-order valence-electron chi connectivity index (χ4n) is 2.32. The number of carbonyl (C=O) groups is 1. The Morgan fingerprint density at radius 3 is 2.39 bits per heavy atom. The van der Waals surface area contributed by atoms with Crippen LogP contribution < -0.4 is 10.0 Å². The van der Waals surface area contributed by atoms with Crippen LogP contribution in [0.4, 0.5) is 10.1 Å². The van der Waals surface area contributed by atoms with E-state index in [-0.39, 0.29) is 23.0 Å². The fourth-order valence-corrected chi connectivity index (χ4v) is 3.53. The van der Waals surface area contributed by atoms with Crippen molar-refractivity contribution >= 4 is 33.8 Å². The Kier molecular flexibility index (Phi) is 5.56. The van der Waals surface area contributed by atoms with Crippen LogP contribution in [0.3, 0.4) is 0 Å². The van der Waals surface area contributed by atoms with Crippen LogP contribution in [0.1, 0.15) is 16.2 Å². The Morgan fingerprint density at radius 1 is 1.18 bits per heavy atom. The number of hydrogen-bond acceptors (Lipinski definition) is 5. The van der Waals surface area contributed by atoms with Gasteiger partial charge >= 0.3 is 0 Å². The number of halogens is 1. The van der Waals surface area contributed by atoms with Gasteiger partial charge in [0, 0.05) is 18.3 Å². The average Bonchev–Trinajstić information content (AvgIpc) is 2.99. The lowest BCUT2D eigenvalue weighted by Crippen LogP contribution is -2.24. The van der Waals surface area contributed by atoms with Gasteiger partial charge in [-0.25, -0.2) is 12.8 Å². The van der Waals surface area contributed by atoms with Gasteiger partial charge in [0.05, 0.1) is 11.4 Å². The third-order valence-corrected chi connectivity index (χ3v) is 5.67. The molecule has 0 radical (unpaired) electrons. The van der Waals surface area contributed by atoms with Crippen LogP contribution in [0.25, 0.3) is 0 Å². The van der Waals surface area contributed by atoms with E-state index in [0.29, 0.717) is 16.2 Å². The first-order valence-corrected chi connectivity index (χ1v) is 9.92. The zero-order valence-electron chi connectivity index (χ0n) is 14.6. The van der Waals surface area contributed by atoms with Crippen LogP contribution in [0.5, 0.6) is 0 Å². The van der Waals surface area contributed by atoms with Gasteiger partial charge in [0.1, 0.15) is 5.82 Å². The second kappa shape index (κ2) is 7.90. The highest BCUT2D eigenvalue weighted by Crippen LogP contribution is 2.17. The van der Waals surface area contributed by atoms with Gasteiger partial charge in [-0.05, 0) is 60.7 Å². The Labute approximate surface area is 165 Å². The second-order valence-electron chi connectivity index (χ2n) is 5.82. The molecular formula is C17H16FN5O3S2. The van der Waals surface area contributed by atoms with Crippen LogP contribution in [0.2, 0.25) is 0 Å². The lowest BCUT2D eigenvalue weighted by Gasteiger charge is -2.09. The van der Waals surface area contributed by atoms with Crippen molar-refractivity contribution in [2.75, 3.05) is 4.72 Å². The number of benzene rings is 2. The predicted octanol–water partition coefficient (Wildman–Crippen LogP) is 2.35. The molecule has 3 N–H and O–H groups in total. The van der Waals surface area contributed by atoms with E-state index in [1.807, 2.05) is 0 Å². The molecule has 0 atom stereocenters. The first kappa shape index (κ1) is 19.7. The summed E-state index contributed by atoms with van der Waals surface area (Å²) in [6.45, 7) is 0.182. The molecule has 0 spiro atoms. The molecule has 0 unspecified atom stereocenters. The summed E-state index contributed by atoms with van der Waals surface area (Å²) >= 11 is 5.00. The van der Waals surface area contributed by atoms with Crippen LogP contribution in [-0.4, -0.2) is 29.1 Å². The Balaban J connectivity index is 1.65. The minimum absolute atomic E-state index is 0.0660. The molecule has 0 aliphatic carbocycles. The molecule has 3 rings (SSSR count). The first-order valence-electron chi connectivity index (χ1n) is 8.03. The minimum atomic E-state index is -3.85. The average molecular weight is 421 g/mol. The van der Waals surface area contributed by atoms with Gasteiger partial charge in [-0.2, -0.15) is 5.10 Å². The maximum Gasteiger partial charge on any atom is 0.261 e. The van der Waals surface area contributed by atoms with E-state index >= 15 is 0 Å². The van der Waals surface area contributed by atoms with Crippen molar-refractivity contribution in [1.29, 1.82) is 0 Å². The van der Waals surface area contributed by atoms with Crippen LogP contribution >= 0.6 is 12.2 Å². The molecule has 0 saturated carbocycles. The summed E-state index contributed by atoms with van der Waals surface area (Å²) in [5.41, 5.74) is 0.622. The summed E-state index contributed by atoms with van der Waals surface area (Å²) in [5.74, 6) is -0.300. The molecule has 8 nitrogen and oxygen atoms in total. The number of hydrogen-bond donors (Lipinski definition) is 3. The lowest BCUT2D eigenvalue weighted by molar-refractivity contribution is 0.0949. The van der Waals surface area contributed by atoms with Crippen molar-refractivity contribution in [2.45, 2.75) is 11.4 Å². The molecule has 0 bridgehead atoms. The van der Waals surface area contributed by atoms with Gasteiger partial charge in [0.15, 0.2) is 10.6 Å². The van der Waals surface area contributed by atoms with Crippen molar-refractivity contribution < 1.29 is 17.6 Å². The molecule has 3 aromatic rings. The number of aromatic amines is 1. The smallest absolute Gasteiger partial charge is 0.261 e. The largest absolute Gasteiger partial charge is 0.345 e. The first-order chi connectivity index (χ1) is 13.3. The fraction of sp³-hybridized carbons (Fsp3) is 0.118. The lowest BCUT2D eigenvalue weighted by atomic mass is 10.2. The van der Waals surface area contributed by atoms with E-state index in [2.05, 4.69) is 20.2 Å². The van der Waals surface area contributed by atoms with E-state index < -0.39 is 15.8 Å². The number of sulfonamides is 1. The normalized spacial score (nSPS) is 11.2. The zero-order chi connectivity index (χ0) is 20.3. The van der Waals surface area contributed by atoms with Crippen LogP contribution in [-0.2, 0) is 23.6 Å². The van der Waals surface area contributed by atoms with Crippen molar-refractivity contribution in [3.8, 4) is 0 Å². The highest BCUT2D eigenvalue weighted by molar-refractivity contribution is 7.92. The molecule has 146 valence electrons. The van der Waals surface area contributed by atoms with Crippen molar-refractivity contribution in [3.63, 3.8) is 0 Å². The van der Waals surface area contributed by atoms with Gasteiger partial charge in [-0.15, -0.1) is 0 Å². The number of carbonyl (C=O) groups excluding carboxylic acids is 1. The number of H-pyrrole nitrogens is 1. The summed E-state index contributed by atoms with van der Waals surface area (Å²) < 4.78 is 42.0. The standard InChI is InChI=1S/C17H16FN5O3S2/c1-23-15(20-21-17(23)27)10-19-16(24)11-2-6-13(7-3-11)22-28(25,26)14-8-4-12(18)5-9-14/h2-9,22H,10H2,1H3,(H,19,24)(H,21,27). The quantitative estimate of drug-likeness (QED) is 0.530. The molecule has 28 heavy (non-hydrogen) atoms. The highest BCUT2D eigenvalue weighted by atomic mass is 32.2. The second-order valence-corrected chi connectivity index (χ2v) is 7.89. The van der Waals surface area contributed by atoms with Crippen molar-refractivity contribution in [2.24, 2.45) is 7.05 Å². The monoisotopic (exact) mass is 421 g/mol. The number of amides is 1.